The molecule has 0 saturated heterocycles. The van der Waals surface area contributed by atoms with Crippen LogP contribution in [0.25, 0.3) is 6.08 Å². The number of ether oxygens (including phenoxy) is 1. The molecule has 98 valence electrons. The molecule has 0 atom stereocenters. The average Bonchev–Trinajstić information content (AvgIpc) is 2.38. The van der Waals surface area contributed by atoms with E-state index in [1.165, 1.54) is 0 Å². The standard InChI is InChI=1S/C15H21NO2/c1-3-5-12-16-15(17)11-10-13-8-6-7-9-14(13)18-4-2/h6-11H,3-5,12H2,1-2H3,(H,16,17). The number of hydrogen-bond acceptors (Lipinski definition) is 2. The number of rotatable bonds is 7. The fraction of sp³-hybridized carbons (Fsp3) is 0.400. The Bertz CT molecular complexity index is 399. The SMILES string of the molecule is CCCCNC(=O)C=Cc1ccccc1OCC. The molecule has 0 bridgehead atoms. The van der Waals surface area contributed by atoms with Gasteiger partial charge in [0.1, 0.15) is 5.75 Å². The Kier molecular flexibility index (Phi) is 6.62. The summed E-state index contributed by atoms with van der Waals surface area (Å²) in [5.41, 5.74) is 0.921. The highest BCUT2D eigenvalue weighted by atomic mass is 16.5. The second kappa shape index (κ2) is 8.34. The van der Waals surface area contributed by atoms with Crippen molar-refractivity contribution in [3.63, 3.8) is 0 Å². The smallest absolute Gasteiger partial charge is 0.244 e. The van der Waals surface area contributed by atoms with Crippen LogP contribution in [0.1, 0.15) is 32.3 Å². The first-order chi connectivity index (χ1) is 8.77. The maximum absolute atomic E-state index is 11.5. The molecule has 0 saturated carbocycles. The van der Waals surface area contributed by atoms with Gasteiger partial charge in [0, 0.05) is 18.2 Å². The number of unbranched alkanes of at least 4 members (excludes halogenated alkanes) is 1. The molecule has 0 spiro atoms. The quantitative estimate of drug-likeness (QED) is 0.594. The van der Waals surface area contributed by atoms with Crippen LogP contribution in [0.3, 0.4) is 0 Å². The normalized spacial score (nSPS) is 10.6. The molecular formula is C15H21NO2. The highest BCUT2D eigenvalue weighted by Gasteiger charge is 1.99. The molecule has 3 heteroatoms. The maximum Gasteiger partial charge on any atom is 0.244 e. The Hall–Kier alpha value is -1.77. The van der Waals surface area contributed by atoms with Gasteiger partial charge in [-0.25, -0.2) is 0 Å². The van der Waals surface area contributed by atoms with E-state index in [1.807, 2.05) is 31.2 Å². The topological polar surface area (TPSA) is 38.3 Å². The van der Waals surface area contributed by atoms with Crippen LogP contribution >= 0.6 is 0 Å². The van der Waals surface area contributed by atoms with E-state index in [2.05, 4.69) is 12.2 Å². The number of carbonyl (C=O) groups excluding carboxylic acids is 1. The number of benzene rings is 1. The Labute approximate surface area is 109 Å². The van der Waals surface area contributed by atoms with Crippen molar-refractivity contribution in [2.45, 2.75) is 26.7 Å². The molecule has 0 heterocycles. The summed E-state index contributed by atoms with van der Waals surface area (Å²) in [5.74, 6) is 0.743. The number of carbonyl (C=O) groups is 1. The van der Waals surface area contributed by atoms with Crippen LogP contribution in [0, 0.1) is 0 Å². The summed E-state index contributed by atoms with van der Waals surface area (Å²) in [6.07, 6.45) is 5.42. The van der Waals surface area contributed by atoms with E-state index < -0.39 is 0 Å². The van der Waals surface area contributed by atoms with E-state index in [0.29, 0.717) is 6.61 Å². The average molecular weight is 247 g/mol. The van der Waals surface area contributed by atoms with Gasteiger partial charge >= 0.3 is 0 Å². The Morgan fingerprint density at radius 1 is 1.33 bits per heavy atom. The molecule has 1 rings (SSSR count). The van der Waals surface area contributed by atoms with E-state index in [-0.39, 0.29) is 5.91 Å². The van der Waals surface area contributed by atoms with Crippen LogP contribution < -0.4 is 10.1 Å². The summed E-state index contributed by atoms with van der Waals surface area (Å²) in [5, 5.41) is 2.84. The van der Waals surface area contributed by atoms with Crippen molar-refractivity contribution in [2.24, 2.45) is 0 Å². The minimum absolute atomic E-state index is 0.0604. The number of nitrogens with one attached hydrogen (secondary N) is 1. The lowest BCUT2D eigenvalue weighted by molar-refractivity contribution is -0.116. The maximum atomic E-state index is 11.5. The molecular weight excluding hydrogens is 226 g/mol. The van der Waals surface area contributed by atoms with Crippen molar-refractivity contribution in [3.8, 4) is 5.75 Å². The lowest BCUT2D eigenvalue weighted by Crippen LogP contribution is -2.21. The predicted octanol–water partition coefficient (Wildman–Crippen LogP) is 3.01. The van der Waals surface area contributed by atoms with Crippen LogP contribution in [0.5, 0.6) is 5.75 Å². The van der Waals surface area contributed by atoms with Crippen LogP contribution in [0.15, 0.2) is 30.3 Å². The molecule has 0 unspecified atom stereocenters. The number of amides is 1. The van der Waals surface area contributed by atoms with E-state index in [0.717, 1.165) is 30.7 Å². The van der Waals surface area contributed by atoms with Gasteiger partial charge in [0.2, 0.25) is 5.91 Å². The summed E-state index contributed by atoms with van der Waals surface area (Å²) in [4.78, 5) is 11.5. The van der Waals surface area contributed by atoms with Gasteiger partial charge in [-0.15, -0.1) is 0 Å². The van der Waals surface area contributed by atoms with E-state index >= 15 is 0 Å². The molecule has 1 aromatic carbocycles. The van der Waals surface area contributed by atoms with Crippen molar-refractivity contribution in [3.05, 3.63) is 35.9 Å². The molecule has 3 nitrogen and oxygen atoms in total. The van der Waals surface area contributed by atoms with Crippen molar-refractivity contribution in [2.75, 3.05) is 13.2 Å². The highest BCUT2D eigenvalue weighted by molar-refractivity contribution is 5.92. The second-order valence-corrected chi connectivity index (χ2v) is 3.95. The van der Waals surface area contributed by atoms with Gasteiger partial charge in [-0.2, -0.15) is 0 Å². The molecule has 1 N–H and O–H groups in total. The zero-order valence-electron chi connectivity index (χ0n) is 11.1. The summed E-state index contributed by atoms with van der Waals surface area (Å²) in [7, 11) is 0. The van der Waals surface area contributed by atoms with Crippen LogP contribution in [-0.4, -0.2) is 19.1 Å². The van der Waals surface area contributed by atoms with Crippen molar-refractivity contribution >= 4 is 12.0 Å². The molecule has 0 aromatic heterocycles. The number of hydrogen-bond donors (Lipinski definition) is 1. The molecule has 0 fully saturated rings. The third-order valence-electron chi connectivity index (χ3n) is 2.46. The van der Waals surface area contributed by atoms with Crippen molar-refractivity contribution in [1.29, 1.82) is 0 Å². The van der Waals surface area contributed by atoms with Gasteiger partial charge in [0.05, 0.1) is 6.61 Å². The number of para-hydroxylation sites is 1. The lowest BCUT2D eigenvalue weighted by atomic mass is 10.2. The summed E-state index contributed by atoms with van der Waals surface area (Å²) < 4.78 is 5.48. The predicted molar refractivity (Wildman–Crippen MR) is 74.6 cm³/mol. The van der Waals surface area contributed by atoms with Crippen molar-refractivity contribution < 1.29 is 9.53 Å². The van der Waals surface area contributed by atoms with Crippen LogP contribution in [0.2, 0.25) is 0 Å². The molecule has 18 heavy (non-hydrogen) atoms. The zero-order chi connectivity index (χ0) is 13.2. The third kappa shape index (κ3) is 5.04. The Morgan fingerprint density at radius 2 is 2.11 bits per heavy atom. The first-order valence-corrected chi connectivity index (χ1v) is 6.45. The first kappa shape index (κ1) is 14.3. The summed E-state index contributed by atoms with van der Waals surface area (Å²) in [6, 6.07) is 7.68. The Morgan fingerprint density at radius 3 is 2.83 bits per heavy atom. The van der Waals surface area contributed by atoms with Gasteiger partial charge in [-0.1, -0.05) is 31.5 Å². The van der Waals surface area contributed by atoms with E-state index in [9.17, 15) is 4.79 Å². The molecule has 0 aliphatic heterocycles. The van der Waals surface area contributed by atoms with Gasteiger partial charge in [-0.05, 0) is 25.5 Å². The van der Waals surface area contributed by atoms with E-state index in [1.54, 1.807) is 12.2 Å². The minimum atomic E-state index is -0.0604. The van der Waals surface area contributed by atoms with E-state index in [4.69, 9.17) is 4.74 Å². The first-order valence-electron chi connectivity index (χ1n) is 6.45. The zero-order valence-corrected chi connectivity index (χ0v) is 11.1. The van der Waals surface area contributed by atoms with Crippen molar-refractivity contribution in [1.82, 2.24) is 5.32 Å². The van der Waals surface area contributed by atoms with Gasteiger partial charge in [-0.3, -0.25) is 4.79 Å². The Balaban J connectivity index is 2.57. The highest BCUT2D eigenvalue weighted by Crippen LogP contribution is 2.19. The van der Waals surface area contributed by atoms with Gasteiger partial charge in [0.15, 0.2) is 0 Å². The minimum Gasteiger partial charge on any atom is -0.493 e. The lowest BCUT2D eigenvalue weighted by Gasteiger charge is -2.06. The monoisotopic (exact) mass is 247 g/mol. The fourth-order valence-electron chi connectivity index (χ4n) is 1.52. The molecule has 0 aliphatic rings. The summed E-state index contributed by atoms with van der Waals surface area (Å²) in [6.45, 7) is 5.39. The largest absolute Gasteiger partial charge is 0.493 e. The molecule has 0 aliphatic carbocycles. The fourth-order valence-corrected chi connectivity index (χ4v) is 1.52. The second-order valence-electron chi connectivity index (χ2n) is 3.95. The van der Waals surface area contributed by atoms with Crippen LogP contribution in [0.4, 0.5) is 0 Å². The third-order valence-corrected chi connectivity index (χ3v) is 2.46. The van der Waals surface area contributed by atoms with Gasteiger partial charge < -0.3 is 10.1 Å². The molecule has 1 aromatic rings. The molecule has 1 amide bonds. The summed E-state index contributed by atoms with van der Waals surface area (Å²) >= 11 is 0. The van der Waals surface area contributed by atoms with Crippen LogP contribution in [-0.2, 0) is 4.79 Å². The molecule has 0 radical (unpaired) electrons. The van der Waals surface area contributed by atoms with Gasteiger partial charge in [0.25, 0.3) is 0 Å².